The van der Waals surface area contributed by atoms with Crippen LogP contribution in [-0.2, 0) is 11.3 Å². The molecule has 2 heterocycles. The molecule has 6 nitrogen and oxygen atoms in total. The molecule has 0 aromatic carbocycles. The number of rotatable bonds is 4. The molecule has 1 aliphatic heterocycles. The number of nitrogens with one attached hydrogen (secondary N) is 1. The average molecular weight is 283 g/mol. The molecular formula is C12H17N3O3S. The van der Waals surface area contributed by atoms with Gasteiger partial charge in [0.05, 0.1) is 17.2 Å². The molecule has 0 bridgehead atoms. The van der Waals surface area contributed by atoms with Gasteiger partial charge in [-0.05, 0) is 19.3 Å². The van der Waals surface area contributed by atoms with Crippen LogP contribution in [0.1, 0.15) is 23.5 Å². The first-order valence-electron chi connectivity index (χ1n) is 6.20. The fraction of sp³-hybridized carbons (Fsp3) is 0.583. The van der Waals surface area contributed by atoms with Gasteiger partial charge in [-0.3, -0.25) is 4.79 Å². The zero-order valence-electron chi connectivity index (χ0n) is 10.8. The fourth-order valence-electron chi connectivity index (χ4n) is 2.20. The molecule has 0 aliphatic carbocycles. The Morgan fingerprint density at radius 1 is 1.63 bits per heavy atom. The zero-order chi connectivity index (χ0) is 13.8. The van der Waals surface area contributed by atoms with Crippen LogP contribution in [0.3, 0.4) is 0 Å². The lowest BCUT2D eigenvalue weighted by atomic mass is 10.1. The van der Waals surface area contributed by atoms with Crippen molar-refractivity contribution in [3.05, 3.63) is 16.1 Å². The summed E-state index contributed by atoms with van der Waals surface area (Å²) in [6.07, 6.45) is 0.893. The highest BCUT2D eigenvalue weighted by Crippen LogP contribution is 2.19. The van der Waals surface area contributed by atoms with Gasteiger partial charge in [-0.15, -0.1) is 11.3 Å². The highest BCUT2D eigenvalue weighted by Gasteiger charge is 2.27. The van der Waals surface area contributed by atoms with Crippen LogP contribution in [0.4, 0.5) is 4.79 Å². The van der Waals surface area contributed by atoms with Crippen LogP contribution in [-0.4, -0.2) is 40.1 Å². The van der Waals surface area contributed by atoms with Gasteiger partial charge in [0, 0.05) is 24.9 Å². The topological polar surface area (TPSA) is 82.5 Å². The van der Waals surface area contributed by atoms with Gasteiger partial charge in [0.2, 0.25) is 0 Å². The molecule has 2 amide bonds. The molecule has 7 heteroatoms. The summed E-state index contributed by atoms with van der Waals surface area (Å²) < 4.78 is 0. The largest absolute Gasteiger partial charge is 0.481 e. The molecule has 1 aliphatic rings. The van der Waals surface area contributed by atoms with E-state index in [1.165, 1.54) is 0 Å². The minimum absolute atomic E-state index is 0.0739. The van der Waals surface area contributed by atoms with E-state index in [1.54, 1.807) is 16.2 Å². The monoisotopic (exact) mass is 283 g/mol. The molecule has 1 aromatic rings. The number of aliphatic carboxylic acids is 1. The molecule has 0 radical (unpaired) electrons. The number of hydrogen-bond donors (Lipinski definition) is 2. The fourth-order valence-corrected chi connectivity index (χ4v) is 2.81. The predicted molar refractivity (Wildman–Crippen MR) is 71.0 cm³/mol. The third-order valence-electron chi connectivity index (χ3n) is 3.12. The summed E-state index contributed by atoms with van der Waals surface area (Å²) in [5.74, 6) is -0.727. The first-order chi connectivity index (χ1) is 9.04. The lowest BCUT2D eigenvalue weighted by molar-refractivity contribution is -0.138. The number of aryl methyl sites for hydroxylation is 1. The summed E-state index contributed by atoms with van der Waals surface area (Å²) in [6, 6.07) is -0.140. The Hall–Kier alpha value is -1.63. The maximum Gasteiger partial charge on any atom is 0.317 e. The van der Waals surface area contributed by atoms with Gasteiger partial charge in [0.1, 0.15) is 0 Å². The van der Waals surface area contributed by atoms with E-state index in [9.17, 15) is 9.59 Å². The van der Waals surface area contributed by atoms with E-state index in [0.29, 0.717) is 19.6 Å². The second-order valence-corrected chi connectivity index (χ2v) is 5.78. The summed E-state index contributed by atoms with van der Waals surface area (Å²) in [4.78, 5) is 28.5. The Balaban J connectivity index is 1.76. The molecule has 104 valence electrons. The molecule has 1 atom stereocenters. The number of aromatic nitrogens is 1. The number of likely N-dealkylation sites (tertiary alicyclic amines) is 1. The van der Waals surface area contributed by atoms with E-state index in [2.05, 4.69) is 10.3 Å². The molecule has 0 saturated carbocycles. The van der Waals surface area contributed by atoms with Crippen LogP contribution < -0.4 is 5.32 Å². The van der Waals surface area contributed by atoms with Crippen LogP contribution in [0, 0.1) is 12.8 Å². The van der Waals surface area contributed by atoms with Crippen LogP contribution in [0.5, 0.6) is 0 Å². The SMILES string of the molecule is Cc1nc(CNC(=O)N2CCC(CC(=O)O)C2)cs1. The van der Waals surface area contributed by atoms with Gasteiger partial charge in [-0.1, -0.05) is 0 Å². The maximum absolute atomic E-state index is 11.9. The van der Waals surface area contributed by atoms with Gasteiger partial charge < -0.3 is 15.3 Å². The Morgan fingerprint density at radius 2 is 2.42 bits per heavy atom. The lowest BCUT2D eigenvalue weighted by Crippen LogP contribution is -2.38. The standard InChI is InChI=1S/C12H17N3O3S/c1-8-14-10(7-19-8)5-13-12(18)15-3-2-9(6-15)4-11(16)17/h7,9H,2-6H2,1H3,(H,13,18)(H,16,17). The predicted octanol–water partition coefficient (Wildman–Crippen LogP) is 1.46. The van der Waals surface area contributed by atoms with Crippen molar-refractivity contribution in [1.29, 1.82) is 0 Å². The molecular weight excluding hydrogens is 266 g/mol. The summed E-state index contributed by atoms with van der Waals surface area (Å²) >= 11 is 1.55. The zero-order valence-corrected chi connectivity index (χ0v) is 11.6. The molecule has 0 spiro atoms. The van der Waals surface area contributed by atoms with Gasteiger partial charge >= 0.3 is 12.0 Å². The summed E-state index contributed by atoms with van der Waals surface area (Å²) in [6.45, 7) is 3.49. The van der Waals surface area contributed by atoms with Gasteiger partial charge in [-0.25, -0.2) is 9.78 Å². The smallest absolute Gasteiger partial charge is 0.317 e. The first-order valence-corrected chi connectivity index (χ1v) is 7.08. The number of carboxylic acids is 1. The summed E-state index contributed by atoms with van der Waals surface area (Å²) in [5.41, 5.74) is 0.858. The van der Waals surface area contributed by atoms with Crippen LogP contribution in [0.2, 0.25) is 0 Å². The van der Waals surface area contributed by atoms with Crippen LogP contribution in [0.25, 0.3) is 0 Å². The molecule has 1 fully saturated rings. The Labute approximate surface area is 115 Å². The molecule has 2 N–H and O–H groups in total. The van der Waals surface area contributed by atoms with Gasteiger partial charge in [-0.2, -0.15) is 0 Å². The first kappa shape index (κ1) is 13.8. The second kappa shape index (κ2) is 6.01. The maximum atomic E-state index is 11.9. The molecule has 1 unspecified atom stereocenters. The number of nitrogens with zero attached hydrogens (tertiary/aromatic N) is 2. The molecule has 1 aromatic heterocycles. The van der Waals surface area contributed by atoms with Crippen molar-refractivity contribution < 1.29 is 14.7 Å². The Kier molecular flexibility index (Phi) is 4.36. The van der Waals surface area contributed by atoms with Crippen molar-refractivity contribution in [3.8, 4) is 0 Å². The van der Waals surface area contributed by atoms with Crippen molar-refractivity contribution in [1.82, 2.24) is 15.2 Å². The molecule has 2 rings (SSSR count). The van der Waals surface area contributed by atoms with E-state index in [1.807, 2.05) is 12.3 Å². The van der Waals surface area contributed by atoms with E-state index in [-0.39, 0.29) is 18.4 Å². The molecule has 19 heavy (non-hydrogen) atoms. The lowest BCUT2D eigenvalue weighted by Gasteiger charge is -2.16. The van der Waals surface area contributed by atoms with E-state index in [0.717, 1.165) is 17.1 Å². The van der Waals surface area contributed by atoms with Crippen molar-refractivity contribution >= 4 is 23.3 Å². The molecule has 1 saturated heterocycles. The number of carbonyl (C=O) groups excluding carboxylic acids is 1. The number of carbonyl (C=O) groups is 2. The summed E-state index contributed by atoms with van der Waals surface area (Å²) in [5, 5.41) is 14.4. The van der Waals surface area contributed by atoms with Gasteiger partial charge in [0.15, 0.2) is 0 Å². The normalized spacial score (nSPS) is 18.6. The van der Waals surface area contributed by atoms with Crippen LogP contribution >= 0.6 is 11.3 Å². The van der Waals surface area contributed by atoms with E-state index < -0.39 is 5.97 Å². The van der Waals surface area contributed by atoms with Crippen LogP contribution in [0.15, 0.2) is 5.38 Å². The highest BCUT2D eigenvalue weighted by molar-refractivity contribution is 7.09. The second-order valence-electron chi connectivity index (χ2n) is 4.72. The van der Waals surface area contributed by atoms with E-state index >= 15 is 0 Å². The quantitative estimate of drug-likeness (QED) is 0.876. The Morgan fingerprint density at radius 3 is 3.05 bits per heavy atom. The average Bonchev–Trinajstić information content (AvgIpc) is 2.95. The minimum atomic E-state index is -0.801. The number of carboxylic acid groups (broad SMARTS) is 1. The number of amides is 2. The van der Waals surface area contributed by atoms with Gasteiger partial charge in [0.25, 0.3) is 0 Å². The summed E-state index contributed by atoms with van der Waals surface area (Å²) in [7, 11) is 0. The van der Waals surface area contributed by atoms with Crippen molar-refractivity contribution in [2.75, 3.05) is 13.1 Å². The van der Waals surface area contributed by atoms with E-state index in [4.69, 9.17) is 5.11 Å². The number of thiazole rings is 1. The third-order valence-corrected chi connectivity index (χ3v) is 3.95. The van der Waals surface area contributed by atoms with Crippen molar-refractivity contribution in [2.24, 2.45) is 5.92 Å². The number of urea groups is 1. The van der Waals surface area contributed by atoms with Crippen molar-refractivity contribution in [3.63, 3.8) is 0 Å². The number of hydrogen-bond acceptors (Lipinski definition) is 4. The Bertz CT molecular complexity index is 475. The third kappa shape index (κ3) is 3.92. The van der Waals surface area contributed by atoms with Crippen molar-refractivity contribution in [2.45, 2.75) is 26.3 Å². The minimum Gasteiger partial charge on any atom is -0.481 e. The highest BCUT2D eigenvalue weighted by atomic mass is 32.1.